The molecule has 0 aromatic heterocycles. The second kappa shape index (κ2) is 9.45. The van der Waals surface area contributed by atoms with Gasteiger partial charge >= 0.3 is 0 Å². The van der Waals surface area contributed by atoms with Crippen molar-refractivity contribution in [1.82, 2.24) is 9.80 Å². The van der Waals surface area contributed by atoms with Gasteiger partial charge in [-0.2, -0.15) is 0 Å². The third-order valence-electron chi connectivity index (χ3n) is 6.05. The van der Waals surface area contributed by atoms with Crippen LogP contribution in [0.2, 0.25) is 0 Å². The Morgan fingerprint density at radius 1 is 1.04 bits per heavy atom. The number of carbonyl (C=O) groups is 1. The van der Waals surface area contributed by atoms with Gasteiger partial charge < -0.3 is 15.1 Å². The van der Waals surface area contributed by atoms with Crippen molar-refractivity contribution in [2.75, 3.05) is 32.7 Å². The largest absolute Gasteiger partial charge is 0.504 e. The molecule has 2 N–H and O–H groups in total. The smallest absolute Gasteiger partial charge is 0.222 e. The maximum Gasteiger partial charge on any atom is 0.222 e. The topological polar surface area (TPSA) is 64.0 Å². The molecule has 1 aliphatic carbocycles. The number of aryl methyl sites for hydroxylation is 1. The molecule has 1 saturated heterocycles. The molecule has 0 spiro atoms. The Labute approximate surface area is 163 Å². The molecule has 1 amide bonds. The van der Waals surface area contributed by atoms with E-state index in [2.05, 4.69) is 11.8 Å². The second-order valence-electron chi connectivity index (χ2n) is 8.00. The fourth-order valence-corrected chi connectivity index (χ4v) is 4.46. The van der Waals surface area contributed by atoms with Crippen LogP contribution in [0.15, 0.2) is 6.07 Å². The molecule has 150 valence electrons. The summed E-state index contributed by atoms with van der Waals surface area (Å²) in [5.74, 6) is 0.441. The van der Waals surface area contributed by atoms with Crippen LogP contribution >= 0.6 is 0 Å². The number of rotatable bonds is 7. The highest BCUT2D eigenvalue weighted by atomic mass is 16.3. The van der Waals surface area contributed by atoms with Gasteiger partial charge in [-0.05, 0) is 75.1 Å². The summed E-state index contributed by atoms with van der Waals surface area (Å²) in [6, 6.07) is 1.78. The first-order chi connectivity index (χ1) is 13.1. The minimum Gasteiger partial charge on any atom is -0.504 e. The van der Waals surface area contributed by atoms with Crippen LogP contribution in [0.1, 0.15) is 62.1 Å². The Kier molecular flexibility index (Phi) is 7.00. The summed E-state index contributed by atoms with van der Waals surface area (Å²) < 4.78 is 0. The summed E-state index contributed by atoms with van der Waals surface area (Å²) in [5.41, 5.74) is 3.47. The van der Waals surface area contributed by atoms with E-state index in [-0.39, 0.29) is 11.5 Å². The van der Waals surface area contributed by atoms with E-state index in [1.807, 2.05) is 4.90 Å². The van der Waals surface area contributed by atoms with Crippen LogP contribution in [0, 0.1) is 0 Å². The SMILES string of the molecule is CCCC(=O)N1CCN(CCCCc2cc(O)c(O)c3c2CCCC3)CC1. The van der Waals surface area contributed by atoms with E-state index in [4.69, 9.17) is 0 Å². The molecule has 2 aliphatic rings. The number of phenols is 2. The Bertz CT molecular complexity index is 651. The van der Waals surface area contributed by atoms with E-state index in [1.54, 1.807) is 6.07 Å². The lowest BCUT2D eigenvalue weighted by Crippen LogP contribution is -2.48. The average molecular weight is 375 g/mol. The molecular formula is C22H34N2O3. The summed E-state index contributed by atoms with van der Waals surface area (Å²) in [6.07, 6.45) is 8.94. The summed E-state index contributed by atoms with van der Waals surface area (Å²) in [5, 5.41) is 20.2. The first-order valence-electron chi connectivity index (χ1n) is 10.7. The Balaban J connectivity index is 1.44. The third kappa shape index (κ3) is 4.95. The minimum atomic E-state index is 0.0403. The maximum atomic E-state index is 12.0. The highest BCUT2D eigenvalue weighted by Crippen LogP contribution is 2.38. The standard InChI is InChI=1S/C22H34N2O3/c1-2-7-21(26)24-14-12-23(13-15-24)11-6-5-8-17-16-20(25)22(27)19-10-4-3-9-18(17)19/h16,25,27H,2-15H2,1H3. The van der Waals surface area contributed by atoms with Crippen molar-refractivity contribution in [3.63, 3.8) is 0 Å². The number of aromatic hydroxyl groups is 2. The number of piperazine rings is 1. The first kappa shape index (κ1) is 20.0. The second-order valence-corrected chi connectivity index (χ2v) is 8.00. The van der Waals surface area contributed by atoms with Gasteiger partial charge in [0.15, 0.2) is 11.5 Å². The molecule has 1 heterocycles. The quantitative estimate of drug-likeness (QED) is 0.568. The van der Waals surface area contributed by atoms with Gasteiger partial charge in [-0.1, -0.05) is 6.92 Å². The van der Waals surface area contributed by atoms with Gasteiger partial charge in [-0.25, -0.2) is 0 Å². The van der Waals surface area contributed by atoms with Gasteiger partial charge in [0.05, 0.1) is 0 Å². The van der Waals surface area contributed by atoms with Crippen molar-refractivity contribution < 1.29 is 15.0 Å². The normalized spacial score (nSPS) is 17.7. The zero-order valence-electron chi connectivity index (χ0n) is 16.7. The highest BCUT2D eigenvalue weighted by molar-refractivity contribution is 5.76. The number of fused-ring (bicyclic) bond motifs is 1. The maximum absolute atomic E-state index is 12.0. The number of carbonyl (C=O) groups excluding carboxylic acids is 1. The molecule has 5 nitrogen and oxygen atoms in total. The lowest BCUT2D eigenvalue weighted by molar-refractivity contribution is -0.132. The number of phenolic OH excluding ortho intramolecular Hbond substituents is 2. The van der Waals surface area contributed by atoms with Crippen LogP contribution in [0.4, 0.5) is 0 Å². The van der Waals surface area contributed by atoms with Gasteiger partial charge in [0.25, 0.3) is 0 Å². The molecule has 1 fully saturated rings. The third-order valence-corrected chi connectivity index (χ3v) is 6.05. The van der Waals surface area contributed by atoms with Crippen LogP contribution in [-0.2, 0) is 24.1 Å². The van der Waals surface area contributed by atoms with Crippen LogP contribution in [-0.4, -0.2) is 58.6 Å². The predicted octanol–water partition coefficient (Wildman–Crippen LogP) is 3.24. The molecule has 0 unspecified atom stereocenters. The highest BCUT2D eigenvalue weighted by Gasteiger charge is 2.21. The van der Waals surface area contributed by atoms with Crippen molar-refractivity contribution in [2.24, 2.45) is 0 Å². The van der Waals surface area contributed by atoms with E-state index in [9.17, 15) is 15.0 Å². The van der Waals surface area contributed by atoms with Crippen molar-refractivity contribution >= 4 is 5.91 Å². The minimum absolute atomic E-state index is 0.0403. The molecule has 0 saturated carbocycles. The van der Waals surface area contributed by atoms with Gasteiger partial charge in [0.2, 0.25) is 5.91 Å². The average Bonchev–Trinajstić information content (AvgIpc) is 2.69. The van der Waals surface area contributed by atoms with Gasteiger partial charge in [-0.3, -0.25) is 9.69 Å². The lowest BCUT2D eigenvalue weighted by atomic mass is 9.85. The molecule has 27 heavy (non-hydrogen) atoms. The Morgan fingerprint density at radius 3 is 2.44 bits per heavy atom. The van der Waals surface area contributed by atoms with E-state index < -0.39 is 0 Å². The molecule has 1 aromatic rings. The summed E-state index contributed by atoms with van der Waals surface area (Å²) >= 11 is 0. The molecule has 1 aromatic carbocycles. The molecule has 0 atom stereocenters. The van der Waals surface area contributed by atoms with Gasteiger partial charge in [0, 0.05) is 38.2 Å². The van der Waals surface area contributed by atoms with Crippen LogP contribution in [0.5, 0.6) is 11.5 Å². The predicted molar refractivity (Wildman–Crippen MR) is 107 cm³/mol. The number of nitrogens with zero attached hydrogens (tertiary/aromatic N) is 2. The number of hydrogen-bond donors (Lipinski definition) is 2. The summed E-state index contributed by atoms with van der Waals surface area (Å²) in [6.45, 7) is 6.80. The number of hydrogen-bond acceptors (Lipinski definition) is 4. The monoisotopic (exact) mass is 374 g/mol. The van der Waals surface area contributed by atoms with Crippen molar-refractivity contribution in [2.45, 2.75) is 64.7 Å². The zero-order chi connectivity index (χ0) is 19.2. The van der Waals surface area contributed by atoms with Gasteiger partial charge in [-0.15, -0.1) is 0 Å². The van der Waals surface area contributed by atoms with E-state index >= 15 is 0 Å². The Hall–Kier alpha value is -1.75. The fourth-order valence-electron chi connectivity index (χ4n) is 4.46. The van der Waals surface area contributed by atoms with Crippen LogP contribution in [0.3, 0.4) is 0 Å². The fraction of sp³-hybridized carbons (Fsp3) is 0.682. The molecule has 0 bridgehead atoms. The van der Waals surface area contributed by atoms with Gasteiger partial charge in [0.1, 0.15) is 0 Å². The summed E-state index contributed by atoms with van der Waals surface area (Å²) in [4.78, 5) is 16.4. The molecule has 0 radical (unpaired) electrons. The zero-order valence-corrected chi connectivity index (χ0v) is 16.7. The molecule has 1 aliphatic heterocycles. The lowest BCUT2D eigenvalue weighted by Gasteiger charge is -2.34. The number of unbranched alkanes of at least 4 members (excludes halogenated alkanes) is 1. The molecule has 3 rings (SSSR count). The van der Waals surface area contributed by atoms with Crippen molar-refractivity contribution in [3.05, 3.63) is 22.8 Å². The number of amides is 1. The summed E-state index contributed by atoms with van der Waals surface area (Å²) in [7, 11) is 0. The number of benzene rings is 1. The first-order valence-corrected chi connectivity index (χ1v) is 10.7. The van der Waals surface area contributed by atoms with Crippen molar-refractivity contribution in [3.8, 4) is 11.5 Å². The van der Waals surface area contributed by atoms with E-state index in [1.165, 1.54) is 17.5 Å². The van der Waals surface area contributed by atoms with Crippen LogP contribution in [0.25, 0.3) is 0 Å². The Morgan fingerprint density at radius 2 is 1.74 bits per heavy atom. The van der Waals surface area contributed by atoms with Crippen molar-refractivity contribution in [1.29, 1.82) is 0 Å². The van der Waals surface area contributed by atoms with Crippen LogP contribution < -0.4 is 0 Å². The van der Waals surface area contributed by atoms with E-state index in [0.29, 0.717) is 12.3 Å². The molecule has 5 heteroatoms. The van der Waals surface area contributed by atoms with E-state index in [0.717, 1.165) is 83.2 Å². The molecular weight excluding hydrogens is 340 g/mol.